The molecular weight excluding hydrogens is 248 g/mol. The van der Waals surface area contributed by atoms with Gasteiger partial charge in [0.1, 0.15) is 0 Å². The number of piperidine rings is 1. The number of nitrogens with one attached hydrogen (secondary N) is 2. The van der Waals surface area contributed by atoms with E-state index in [9.17, 15) is 8.42 Å². The van der Waals surface area contributed by atoms with Crippen molar-refractivity contribution in [2.45, 2.75) is 19.4 Å². The van der Waals surface area contributed by atoms with Crippen LogP contribution >= 0.6 is 0 Å². The van der Waals surface area contributed by atoms with Gasteiger partial charge in [-0.3, -0.25) is 0 Å². The van der Waals surface area contributed by atoms with Crippen LogP contribution in [-0.2, 0) is 16.6 Å². The molecule has 0 saturated carbocycles. The smallest absolute Gasteiger partial charge is 0.212 e. The number of hydrogen-bond donors (Lipinski definition) is 2. The van der Waals surface area contributed by atoms with Gasteiger partial charge in [-0.2, -0.15) is 0 Å². The lowest BCUT2D eigenvalue weighted by molar-refractivity contribution is 0.402. The van der Waals surface area contributed by atoms with Crippen molar-refractivity contribution in [1.29, 1.82) is 0 Å². The van der Waals surface area contributed by atoms with Crippen molar-refractivity contribution in [3.05, 3.63) is 35.9 Å². The molecule has 1 aliphatic rings. The second kappa shape index (κ2) is 6.31. The lowest BCUT2D eigenvalue weighted by Crippen LogP contribution is -2.37. The Morgan fingerprint density at radius 1 is 1.28 bits per heavy atom. The number of benzene rings is 1. The van der Waals surface area contributed by atoms with E-state index in [1.165, 1.54) is 0 Å². The average molecular weight is 268 g/mol. The molecule has 100 valence electrons. The molecule has 2 N–H and O–H groups in total. The molecule has 0 bridgehead atoms. The van der Waals surface area contributed by atoms with Gasteiger partial charge in [0.05, 0.1) is 5.75 Å². The Morgan fingerprint density at radius 2 is 2.06 bits per heavy atom. The van der Waals surface area contributed by atoms with E-state index in [4.69, 9.17) is 0 Å². The molecule has 0 aromatic heterocycles. The van der Waals surface area contributed by atoms with Gasteiger partial charge in [0.25, 0.3) is 0 Å². The molecule has 1 atom stereocenters. The topological polar surface area (TPSA) is 58.2 Å². The number of rotatable bonds is 5. The van der Waals surface area contributed by atoms with Crippen LogP contribution in [0.1, 0.15) is 18.4 Å². The predicted octanol–water partition coefficient (Wildman–Crippen LogP) is 1.11. The SMILES string of the molecule is O=S(=O)(CC1CCCNC1)NCc1ccccc1. The number of sulfonamides is 1. The van der Waals surface area contributed by atoms with Crippen LogP contribution in [0.2, 0.25) is 0 Å². The molecule has 18 heavy (non-hydrogen) atoms. The Bertz CT molecular complexity index is 453. The quantitative estimate of drug-likeness (QED) is 0.841. The largest absolute Gasteiger partial charge is 0.316 e. The normalized spacial score (nSPS) is 20.8. The molecule has 1 aliphatic heterocycles. The van der Waals surface area contributed by atoms with E-state index in [0.29, 0.717) is 6.54 Å². The molecule has 1 unspecified atom stereocenters. The van der Waals surface area contributed by atoms with Gasteiger partial charge in [-0.1, -0.05) is 30.3 Å². The maximum Gasteiger partial charge on any atom is 0.212 e. The Labute approximate surface area is 109 Å². The first-order chi connectivity index (χ1) is 8.66. The Morgan fingerprint density at radius 3 is 2.72 bits per heavy atom. The first-order valence-electron chi connectivity index (χ1n) is 6.38. The second-order valence-electron chi connectivity index (χ2n) is 4.80. The molecule has 1 aromatic carbocycles. The molecule has 2 rings (SSSR count). The highest BCUT2D eigenvalue weighted by Crippen LogP contribution is 2.12. The van der Waals surface area contributed by atoms with Crippen LogP contribution in [0.15, 0.2) is 30.3 Å². The van der Waals surface area contributed by atoms with Crippen molar-refractivity contribution in [3.63, 3.8) is 0 Å². The highest BCUT2D eigenvalue weighted by Gasteiger charge is 2.20. The molecule has 5 heteroatoms. The van der Waals surface area contributed by atoms with E-state index < -0.39 is 10.0 Å². The Kier molecular flexibility index (Phi) is 4.74. The van der Waals surface area contributed by atoms with Gasteiger partial charge in [0, 0.05) is 6.54 Å². The zero-order chi connectivity index (χ0) is 12.8. The first-order valence-corrected chi connectivity index (χ1v) is 8.03. The second-order valence-corrected chi connectivity index (χ2v) is 6.65. The van der Waals surface area contributed by atoms with Gasteiger partial charge >= 0.3 is 0 Å². The fraction of sp³-hybridized carbons (Fsp3) is 0.538. The molecule has 0 radical (unpaired) electrons. The van der Waals surface area contributed by atoms with Gasteiger partial charge in [-0.15, -0.1) is 0 Å². The monoisotopic (exact) mass is 268 g/mol. The van der Waals surface area contributed by atoms with Gasteiger partial charge in [-0.25, -0.2) is 13.1 Å². The van der Waals surface area contributed by atoms with Crippen LogP contribution in [0.3, 0.4) is 0 Å². The molecule has 1 fully saturated rings. The van der Waals surface area contributed by atoms with Crippen LogP contribution < -0.4 is 10.0 Å². The Hall–Kier alpha value is -0.910. The zero-order valence-corrected chi connectivity index (χ0v) is 11.2. The molecule has 0 spiro atoms. The molecule has 4 nitrogen and oxygen atoms in total. The van der Waals surface area contributed by atoms with Crippen molar-refractivity contribution >= 4 is 10.0 Å². The third kappa shape index (κ3) is 4.40. The van der Waals surface area contributed by atoms with E-state index in [2.05, 4.69) is 10.0 Å². The van der Waals surface area contributed by atoms with Crippen molar-refractivity contribution in [2.75, 3.05) is 18.8 Å². The maximum atomic E-state index is 11.9. The van der Waals surface area contributed by atoms with Crippen LogP contribution in [0.25, 0.3) is 0 Å². The molecule has 1 aromatic rings. The molecule has 0 amide bonds. The minimum Gasteiger partial charge on any atom is -0.316 e. The van der Waals surface area contributed by atoms with Gasteiger partial charge < -0.3 is 5.32 Å². The molecule has 1 saturated heterocycles. The van der Waals surface area contributed by atoms with E-state index in [1.807, 2.05) is 30.3 Å². The predicted molar refractivity (Wildman–Crippen MR) is 72.7 cm³/mol. The van der Waals surface area contributed by atoms with Crippen molar-refractivity contribution < 1.29 is 8.42 Å². The van der Waals surface area contributed by atoms with Gasteiger partial charge in [-0.05, 0) is 37.4 Å². The lowest BCUT2D eigenvalue weighted by atomic mass is 10.0. The fourth-order valence-corrected chi connectivity index (χ4v) is 3.63. The van der Waals surface area contributed by atoms with Crippen molar-refractivity contribution in [1.82, 2.24) is 10.0 Å². The fourth-order valence-electron chi connectivity index (χ4n) is 2.22. The number of hydrogen-bond acceptors (Lipinski definition) is 3. The van der Waals surface area contributed by atoms with E-state index in [0.717, 1.165) is 31.5 Å². The summed E-state index contributed by atoms with van der Waals surface area (Å²) in [6, 6.07) is 9.59. The van der Waals surface area contributed by atoms with Crippen LogP contribution in [0, 0.1) is 5.92 Å². The maximum absolute atomic E-state index is 11.9. The van der Waals surface area contributed by atoms with Crippen LogP contribution in [0.4, 0.5) is 0 Å². The third-order valence-electron chi connectivity index (χ3n) is 3.19. The summed E-state index contributed by atoms with van der Waals surface area (Å²) in [5.41, 5.74) is 0.989. The van der Waals surface area contributed by atoms with E-state index in [-0.39, 0.29) is 11.7 Å². The summed E-state index contributed by atoms with van der Waals surface area (Å²) >= 11 is 0. The third-order valence-corrected chi connectivity index (χ3v) is 4.69. The van der Waals surface area contributed by atoms with Gasteiger partial charge in [0.15, 0.2) is 0 Å². The summed E-state index contributed by atoms with van der Waals surface area (Å²) in [5, 5.41) is 3.24. The highest BCUT2D eigenvalue weighted by molar-refractivity contribution is 7.89. The summed E-state index contributed by atoms with van der Waals surface area (Å²) < 4.78 is 26.5. The van der Waals surface area contributed by atoms with E-state index >= 15 is 0 Å². The standard InChI is InChI=1S/C13H20N2O2S/c16-18(17,11-13-7-4-8-14-9-13)15-10-12-5-2-1-3-6-12/h1-3,5-6,13-15H,4,7-11H2. The van der Waals surface area contributed by atoms with Crippen molar-refractivity contribution in [2.24, 2.45) is 5.92 Å². The summed E-state index contributed by atoms with van der Waals surface area (Å²) in [5.74, 6) is 0.472. The Balaban J connectivity index is 1.83. The lowest BCUT2D eigenvalue weighted by Gasteiger charge is -2.22. The van der Waals surface area contributed by atoms with E-state index in [1.54, 1.807) is 0 Å². The first kappa shape index (κ1) is 13.5. The molecule has 0 aliphatic carbocycles. The summed E-state index contributed by atoms with van der Waals surface area (Å²) in [7, 11) is -3.17. The summed E-state index contributed by atoms with van der Waals surface area (Å²) in [4.78, 5) is 0. The zero-order valence-electron chi connectivity index (χ0n) is 10.4. The molecular formula is C13H20N2O2S. The highest BCUT2D eigenvalue weighted by atomic mass is 32.2. The minimum absolute atomic E-state index is 0.229. The molecule has 1 heterocycles. The summed E-state index contributed by atoms with van der Waals surface area (Å²) in [6.07, 6.45) is 2.07. The van der Waals surface area contributed by atoms with Crippen molar-refractivity contribution in [3.8, 4) is 0 Å². The van der Waals surface area contributed by atoms with Crippen LogP contribution in [0.5, 0.6) is 0 Å². The minimum atomic E-state index is -3.17. The summed E-state index contributed by atoms with van der Waals surface area (Å²) in [6.45, 7) is 2.20. The van der Waals surface area contributed by atoms with Gasteiger partial charge in [0.2, 0.25) is 10.0 Å². The van der Waals surface area contributed by atoms with Crippen LogP contribution in [-0.4, -0.2) is 27.3 Å². The average Bonchev–Trinajstić information content (AvgIpc) is 2.38.